The van der Waals surface area contributed by atoms with Crippen LogP contribution in [-0.4, -0.2) is 47.4 Å². The van der Waals surface area contributed by atoms with Crippen molar-refractivity contribution in [3.05, 3.63) is 24.3 Å². The van der Waals surface area contributed by atoms with E-state index in [2.05, 4.69) is 43.5 Å². The molecular formula is C72H139NO5. The van der Waals surface area contributed by atoms with Gasteiger partial charge in [-0.15, -0.1) is 0 Å². The van der Waals surface area contributed by atoms with E-state index < -0.39 is 12.1 Å². The van der Waals surface area contributed by atoms with E-state index in [1.807, 2.05) is 0 Å². The zero-order valence-electron chi connectivity index (χ0n) is 52.9. The number of carbonyl (C=O) groups is 2. The first-order valence-corrected chi connectivity index (χ1v) is 35.6. The predicted octanol–water partition coefficient (Wildman–Crippen LogP) is 22.9. The molecule has 2 unspecified atom stereocenters. The number of aliphatic hydroxyl groups excluding tert-OH is 2. The van der Waals surface area contributed by atoms with E-state index in [4.69, 9.17) is 4.74 Å². The summed E-state index contributed by atoms with van der Waals surface area (Å²) in [5.74, 6) is -0.0324. The molecule has 0 radical (unpaired) electrons. The van der Waals surface area contributed by atoms with E-state index in [1.165, 1.54) is 315 Å². The Labute approximate surface area is 488 Å². The minimum atomic E-state index is -0.670. The van der Waals surface area contributed by atoms with Crippen molar-refractivity contribution in [2.75, 3.05) is 13.2 Å². The second kappa shape index (κ2) is 67.8. The molecule has 2 atom stereocenters. The Morgan fingerprint density at radius 2 is 0.641 bits per heavy atom. The molecule has 0 fully saturated rings. The van der Waals surface area contributed by atoms with Crippen LogP contribution in [0, 0.1) is 0 Å². The number of nitrogens with one attached hydrogen (secondary N) is 1. The SMILES string of the molecule is CCCCC/C=C\C/C=C\CCCCCCCCCCCC(=O)OCCCCCCCCCCCCCCCCCCCC(=O)NC(CO)C(O)CCCCCCCCCCCCCCCCCCCCCCCCCCC. The quantitative estimate of drug-likeness (QED) is 0.0320. The van der Waals surface area contributed by atoms with Crippen LogP contribution in [-0.2, 0) is 14.3 Å². The van der Waals surface area contributed by atoms with Crippen molar-refractivity contribution >= 4 is 11.9 Å². The Hall–Kier alpha value is -1.66. The van der Waals surface area contributed by atoms with Crippen molar-refractivity contribution in [3.63, 3.8) is 0 Å². The number of ether oxygens (including phenoxy) is 1. The van der Waals surface area contributed by atoms with Crippen LogP contribution in [0.15, 0.2) is 24.3 Å². The van der Waals surface area contributed by atoms with Gasteiger partial charge in [0.05, 0.1) is 25.4 Å². The summed E-state index contributed by atoms with van der Waals surface area (Å²) in [7, 11) is 0. The number of esters is 1. The maximum absolute atomic E-state index is 12.6. The molecule has 462 valence electrons. The number of carbonyl (C=O) groups excluding carboxylic acids is 2. The average Bonchev–Trinajstić information content (AvgIpc) is 3.44. The van der Waals surface area contributed by atoms with Crippen LogP contribution in [0.2, 0.25) is 0 Å². The standard InChI is InChI=1S/C72H139NO5/c1-3-5-7-9-11-13-15-17-19-21-23-24-25-26-27-28-30-32-36-40-44-48-52-56-60-64-70(75)69(68-74)73-71(76)65-61-57-53-49-45-41-37-33-31-35-39-43-47-51-55-59-63-67-78-72(77)66-62-58-54-50-46-42-38-34-29-22-20-18-16-14-12-10-8-6-4-2/h12,14,18,20,69-70,74-75H,3-11,13,15-17,19,21-68H2,1-2H3,(H,73,76)/b14-12-,20-18-. The van der Waals surface area contributed by atoms with Crippen molar-refractivity contribution in [2.45, 2.75) is 411 Å². The molecular weight excluding hydrogens is 959 g/mol. The van der Waals surface area contributed by atoms with Gasteiger partial charge in [-0.3, -0.25) is 9.59 Å². The van der Waals surface area contributed by atoms with Gasteiger partial charge in [-0.25, -0.2) is 0 Å². The third-order valence-corrected chi connectivity index (χ3v) is 16.8. The van der Waals surface area contributed by atoms with E-state index in [0.29, 0.717) is 25.9 Å². The number of hydrogen-bond acceptors (Lipinski definition) is 5. The Kier molecular flexibility index (Phi) is 66.4. The molecule has 0 rings (SSSR count). The van der Waals surface area contributed by atoms with Gasteiger partial charge in [-0.05, 0) is 57.8 Å². The Morgan fingerprint density at radius 1 is 0.359 bits per heavy atom. The molecule has 0 aromatic rings. The summed E-state index contributed by atoms with van der Waals surface area (Å²) in [6.07, 6.45) is 85.0. The van der Waals surface area contributed by atoms with E-state index in [-0.39, 0.29) is 18.5 Å². The van der Waals surface area contributed by atoms with Crippen LogP contribution in [0.3, 0.4) is 0 Å². The molecule has 6 nitrogen and oxygen atoms in total. The normalized spacial score (nSPS) is 12.6. The van der Waals surface area contributed by atoms with Gasteiger partial charge in [0.25, 0.3) is 0 Å². The molecule has 0 aromatic heterocycles. The first-order valence-electron chi connectivity index (χ1n) is 35.6. The van der Waals surface area contributed by atoms with Gasteiger partial charge in [-0.1, -0.05) is 353 Å². The Bertz CT molecular complexity index is 1220. The summed E-state index contributed by atoms with van der Waals surface area (Å²) in [6.45, 7) is 4.96. The van der Waals surface area contributed by atoms with Crippen molar-refractivity contribution in [1.82, 2.24) is 5.32 Å². The molecule has 0 aliphatic carbocycles. The minimum absolute atomic E-state index is 0.00301. The smallest absolute Gasteiger partial charge is 0.305 e. The highest BCUT2D eigenvalue weighted by atomic mass is 16.5. The fourth-order valence-corrected chi connectivity index (χ4v) is 11.3. The highest BCUT2D eigenvalue weighted by Crippen LogP contribution is 2.19. The zero-order valence-corrected chi connectivity index (χ0v) is 52.9. The second-order valence-electron chi connectivity index (χ2n) is 24.6. The van der Waals surface area contributed by atoms with Gasteiger partial charge in [0.15, 0.2) is 0 Å². The Morgan fingerprint density at radius 3 is 1.00 bits per heavy atom. The van der Waals surface area contributed by atoms with Gasteiger partial charge < -0.3 is 20.3 Å². The van der Waals surface area contributed by atoms with Gasteiger partial charge in [0, 0.05) is 12.8 Å². The van der Waals surface area contributed by atoms with Gasteiger partial charge in [-0.2, -0.15) is 0 Å². The number of aliphatic hydroxyl groups is 2. The fraction of sp³-hybridized carbons (Fsp3) is 0.917. The molecule has 0 saturated heterocycles. The van der Waals surface area contributed by atoms with Crippen LogP contribution in [0.25, 0.3) is 0 Å². The van der Waals surface area contributed by atoms with Crippen LogP contribution < -0.4 is 5.32 Å². The number of hydrogen-bond donors (Lipinski definition) is 3. The maximum atomic E-state index is 12.6. The van der Waals surface area contributed by atoms with Gasteiger partial charge in [0.2, 0.25) is 5.91 Å². The third kappa shape index (κ3) is 63.5. The fourth-order valence-electron chi connectivity index (χ4n) is 11.3. The van der Waals surface area contributed by atoms with Crippen molar-refractivity contribution in [1.29, 1.82) is 0 Å². The van der Waals surface area contributed by atoms with Crippen LogP contribution in [0.4, 0.5) is 0 Å². The van der Waals surface area contributed by atoms with E-state index in [1.54, 1.807) is 0 Å². The lowest BCUT2D eigenvalue weighted by Gasteiger charge is -2.22. The van der Waals surface area contributed by atoms with Crippen molar-refractivity contribution < 1.29 is 24.5 Å². The molecule has 1 amide bonds. The largest absolute Gasteiger partial charge is 0.466 e. The van der Waals surface area contributed by atoms with Gasteiger partial charge >= 0.3 is 5.97 Å². The summed E-state index contributed by atoms with van der Waals surface area (Å²) in [5, 5.41) is 23.4. The van der Waals surface area contributed by atoms with Crippen LogP contribution >= 0.6 is 0 Å². The minimum Gasteiger partial charge on any atom is -0.466 e. The van der Waals surface area contributed by atoms with Crippen molar-refractivity contribution in [2.24, 2.45) is 0 Å². The topological polar surface area (TPSA) is 95.9 Å². The third-order valence-electron chi connectivity index (χ3n) is 16.8. The molecule has 0 aliphatic heterocycles. The lowest BCUT2D eigenvalue weighted by Crippen LogP contribution is -2.45. The lowest BCUT2D eigenvalue weighted by atomic mass is 10.0. The average molecular weight is 1100 g/mol. The molecule has 0 heterocycles. The zero-order chi connectivity index (χ0) is 56.4. The molecule has 0 saturated carbocycles. The summed E-state index contributed by atoms with van der Waals surface area (Å²) >= 11 is 0. The van der Waals surface area contributed by atoms with E-state index in [0.717, 1.165) is 51.4 Å². The summed E-state index contributed by atoms with van der Waals surface area (Å²) in [4.78, 5) is 24.7. The van der Waals surface area contributed by atoms with Crippen LogP contribution in [0.5, 0.6) is 0 Å². The number of rotatable bonds is 67. The predicted molar refractivity (Wildman–Crippen MR) is 343 cm³/mol. The summed E-state index contributed by atoms with van der Waals surface area (Å²) in [5.41, 5.74) is 0. The molecule has 0 spiro atoms. The first-order chi connectivity index (χ1) is 38.5. The lowest BCUT2D eigenvalue weighted by molar-refractivity contribution is -0.143. The molecule has 6 heteroatoms. The highest BCUT2D eigenvalue weighted by Gasteiger charge is 2.20. The summed E-state index contributed by atoms with van der Waals surface area (Å²) in [6, 6.07) is -0.547. The number of unbranched alkanes of at least 4 members (excludes halogenated alkanes) is 52. The molecule has 0 aromatic carbocycles. The van der Waals surface area contributed by atoms with Crippen LogP contribution in [0.1, 0.15) is 399 Å². The molecule has 0 bridgehead atoms. The highest BCUT2D eigenvalue weighted by molar-refractivity contribution is 5.76. The summed E-state index contributed by atoms with van der Waals surface area (Å²) < 4.78 is 5.50. The second-order valence-corrected chi connectivity index (χ2v) is 24.6. The number of allylic oxidation sites excluding steroid dienone is 4. The van der Waals surface area contributed by atoms with E-state index >= 15 is 0 Å². The monoisotopic (exact) mass is 1100 g/mol. The molecule has 78 heavy (non-hydrogen) atoms. The molecule has 3 N–H and O–H groups in total. The van der Waals surface area contributed by atoms with Gasteiger partial charge in [0.1, 0.15) is 0 Å². The first kappa shape index (κ1) is 76.3. The van der Waals surface area contributed by atoms with E-state index in [9.17, 15) is 19.8 Å². The Balaban J connectivity index is 3.40. The number of amides is 1. The molecule has 0 aliphatic rings. The van der Waals surface area contributed by atoms with Crippen molar-refractivity contribution in [3.8, 4) is 0 Å². The maximum Gasteiger partial charge on any atom is 0.305 e.